The summed E-state index contributed by atoms with van der Waals surface area (Å²) in [6, 6.07) is 17.0. The van der Waals surface area contributed by atoms with Gasteiger partial charge in [0.15, 0.2) is 0 Å². The van der Waals surface area contributed by atoms with Crippen LogP contribution in [0.25, 0.3) is 0 Å². The molecular weight excluding hydrogens is 396 g/mol. The first-order valence-electron chi connectivity index (χ1n) is 10.4. The Bertz CT molecular complexity index is 796. The summed E-state index contributed by atoms with van der Waals surface area (Å²) in [5, 5.41) is 3.03. The lowest BCUT2D eigenvalue weighted by Gasteiger charge is -2.31. The van der Waals surface area contributed by atoms with Crippen LogP contribution < -0.4 is 10.1 Å². The zero-order chi connectivity index (χ0) is 21.9. The third-order valence-corrected chi connectivity index (χ3v) is 6.00. The maximum absolute atomic E-state index is 13.2. The van der Waals surface area contributed by atoms with Gasteiger partial charge in [-0.1, -0.05) is 44.2 Å². The van der Waals surface area contributed by atoms with Crippen molar-refractivity contribution in [2.24, 2.45) is 0 Å². The smallest absolute Gasteiger partial charge is 0.243 e. The average molecular weight is 429 g/mol. The fourth-order valence-electron chi connectivity index (χ4n) is 3.03. The summed E-state index contributed by atoms with van der Waals surface area (Å²) in [7, 11) is 1.62. The minimum Gasteiger partial charge on any atom is -0.497 e. The fourth-order valence-corrected chi connectivity index (χ4v) is 3.84. The summed E-state index contributed by atoms with van der Waals surface area (Å²) in [4.78, 5) is 28.9. The Kier molecular flexibility index (Phi) is 9.74. The Hall–Kier alpha value is -2.47. The molecule has 0 saturated heterocycles. The molecule has 0 radical (unpaired) electrons. The number of nitrogens with one attached hydrogen (secondary N) is 1. The van der Waals surface area contributed by atoms with Gasteiger partial charge in [-0.2, -0.15) is 0 Å². The second kappa shape index (κ2) is 12.3. The molecule has 5 nitrogen and oxygen atoms in total. The number of methoxy groups -OCH3 is 1. The van der Waals surface area contributed by atoms with Crippen molar-refractivity contribution in [2.45, 2.75) is 57.1 Å². The summed E-state index contributed by atoms with van der Waals surface area (Å²) < 4.78 is 5.22. The molecule has 2 amide bonds. The molecule has 2 rings (SSSR count). The second-order valence-corrected chi connectivity index (χ2v) is 8.26. The highest BCUT2D eigenvalue weighted by Gasteiger charge is 2.29. The summed E-state index contributed by atoms with van der Waals surface area (Å²) in [6.45, 7) is 6.33. The SMILES string of the molecule is CC[C@H](C)NC(=O)[C@H](CC)N(Cc1ccc(OC)cc1)C(=O)CSc1ccccc1. The fraction of sp³-hybridized carbons (Fsp3) is 0.417. The first kappa shape index (κ1) is 23.8. The molecule has 2 aromatic rings. The number of hydrogen-bond donors (Lipinski definition) is 1. The lowest BCUT2D eigenvalue weighted by Crippen LogP contribution is -2.51. The van der Waals surface area contributed by atoms with E-state index in [9.17, 15) is 9.59 Å². The zero-order valence-electron chi connectivity index (χ0n) is 18.3. The molecule has 0 aliphatic heterocycles. The highest BCUT2D eigenvalue weighted by molar-refractivity contribution is 8.00. The molecule has 0 bridgehead atoms. The van der Waals surface area contributed by atoms with Crippen molar-refractivity contribution >= 4 is 23.6 Å². The van der Waals surface area contributed by atoms with Crippen LogP contribution in [-0.2, 0) is 16.1 Å². The highest BCUT2D eigenvalue weighted by atomic mass is 32.2. The minimum absolute atomic E-state index is 0.0502. The number of nitrogens with zero attached hydrogens (tertiary/aromatic N) is 1. The van der Waals surface area contributed by atoms with E-state index in [-0.39, 0.29) is 23.6 Å². The topological polar surface area (TPSA) is 58.6 Å². The molecule has 2 aromatic carbocycles. The molecular formula is C24H32N2O3S. The number of carbonyl (C=O) groups excluding carboxylic acids is 2. The molecule has 0 aromatic heterocycles. The molecule has 0 saturated carbocycles. The van der Waals surface area contributed by atoms with E-state index in [4.69, 9.17) is 4.74 Å². The van der Waals surface area contributed by atoms with Crippen LogP contribution in [0.3, 0.4) is 0 Å². The Balaban J connectivity index is 2.19. The highest BCUT2D eigenvalue weighted by Crippen LogP contribution is 2.21. The predicted octanol–water partition coefficient (Wildman–Crippen LogP) is 4.51. The Labute approximate surface area is 184 Å². The van der Waals surface area contributed by atoms with Crippen molar-refractivity contribution < 1.29 is 14.3 Å². The van der Waals surface area contributed by atoms with Gasteiger partial charge in [0, 0.05) is 17.5 Å². The molecule has 2 atom stereocenters. The van der Waals surface area contributed by atoms with Gasteiger partial charge in [-0.05, 0) is 49.6 Å². The van der Waals surface area contributed by atoms with Crippen molar-refractivity contribution in [3.8, 4) is 5.75 Å². The molecule has 1 N–H and O–H groups in total. The van der Waals surface area contributed by atoms with Gasteiger partial charge in [0.1, 0.15) is 11.8 Å². The summed E-state index contributed by atoms with van der Waals surface area (Å²) in [5.74, 6) is 0.898. The first-order chi connectivity index (χ1) is 14.5. The molecule has 6 heteroatoms. The molecule has 162 valence electrons. The van der Waals surface area contributed by atoms with Crippen molar-refractivity contribution in [1.82, 2.24) is 10.2 Å². The number of thioether (sulfide) groups is 1. The van der Waals surface area contributed by atoms with E-state index in [1.54, 1.807) is 12.0 Å². The van der Waals surface area contributed by atoms with E-state index in [0.29, 0.717) is 13.0 Å². The third kappa shape index (κ3) is 7.10. The molecule has 0 unspecified atom stereocenters. The summed E-state index contributed by atoms with van der Waals surface area (Å²) in [6.07, 6.45) is 1.40. The Morgan fingerprint density at radius 2 is 1.70 bits per heavy atom. The maximum Gasteiger partial charge on any atom is 0.243 e. The second-order valence-electron chi connectivity index (χ2n) is 7.21. The van der Waals surface area contributed by atoms with Crippen LogP contribution in [0.15, 0.2) is 59.5 Å². The maximum atomic E-state index is 13.2. The quantitative estimate of drug-likeness (QED) is 0.535. The Morgan fingerprint density at radius 1 is 1.03 bits per heavy atom. The monoisotopic (exact) mass is 428 g/mol. The molecule has 0 aliphatic rings. The summed E-state index contributed by atoms with van der Waals surface area (Å²) >= 11 is 1.49. The number of ether oxygens (including phenoxy) is 1. The molecule has 0 aliphatic carbocycles. The lowest BCUT2D eigenvalue weighted by molar-refractivity contribution is -0.139. The number of hydrogen-bond acceptors (Lipinski definition) is 4. The number of carbonyl (C=O) groups is 2. The van der Waals surface area contributed by atoms with Crippen LogP contribution in [0.2, 0.25) is 0 Å². The normalized spacial score (nSPS) is 12.7. The van der Waals surface area contributed by atoms with Gasteiger partial charge < -0.3 is 15.0 Å². The van der Waals surface area contributed by atoms with E-state index >= 15 is 0 Å². The predicted molar refractivity (Wildman–Crippen MR) is 123 cm³/mol. The van der Waals surface area contributed by atoms with Gasteiger partial charge in [-0.15, -0.1) is 11.8 Å². The van der Waals surface area contributed by atoms with E-state index in [1.807, 2.05) is 75.4 Å². The third-order valence-electron chi connectivity index (χ3n) is 5.00. The van der Waals surface area contributed by atoms with Crippen LogP contribution in [0.4, 0.5) is 0 Å². The van der Waals surface area contributed by atoms with Crippen LogP contribution in [0.5, 0.6) is 5.75 Å². The van der Waals surface area contributed by atoms with Gasteiger partial charge in [0.05, 0.1) is 12.9 Å². The molecule has 30 heavy (non-hydrogen) atoms. The lowest BCUT2D eigenvalue weighted by atomic mass is 10.1. The van der Waals surface area contributed by atoms with Crippen molar-refractivity contribution in [1.29, 1.82) is 0 Å². The van der Waals surface area contributed by atoms with Crippen LogP contribution in [-0.4, -0.2) is 41.7 Å². The van der Waals surface area contributed by atoms with Crippen LogP contribution in [0.1, 0.15) is 39.2 Å². The van der Waals surface area contributed by atoms with Gasteiger partial charge in [-0.3, -0.25) is 9.59 Å². The number of benzene rings is 2. The van der Waals surface area contributed by atoms with Crippen LogP contribution in [0, 0.1) is 0 Å². The zero-order valence-corrected chi connectivity index (χ0v) is 19.1. The largest absolute Gasteiger partial charge is 0.497 e. The minimum atomic E-state index is -0.509. The van der Waals surface area contributed by atoms with Gasteiger partial charge in [0.25, 0.3) is 0 Å². The molecule has 0 fully saturated rings. The molecule has 0 heterocycles. The van der Waals surface area contributed by atoms with Crippen LogP contribution >= 0.6 is 11.8 Å². The van der Waals surface area contributed by atoms with Gasteiger partial charge in [-0.25, -0.2) is 0 Å². The van der Waals surface area contributed by atoms with E-state index in [1.165, 1.54) is 11.8 Å². The first-order valence-corrected chi connectivity index (χ1v) is 11.4. The number of amides is 2. The van der Waals surface area contributed by atoms with Crippen molar-refractivity contribution in [2.75, 3.05) is 12.9 Å². The van der Waals surface area contributed by atoms with Gasteiger partial charge in [0.2, 0.25) is 11.8 Å². The number of rotatable bonds is 11. The summed E-state index contributed by atoms with van der Waals surface area (Å²) in [5.41, 5.74) is 0.962. The van der Waals surface area contributed by atoms with E-state index in [2.05, 4.69) is 5.32 Å². The van der Waals surface area contributed by atoms with E-state index < -0.39 is 6.04 Å². The molecule has 0 spiro atoms. The van der Waals surface area contributed by atoms with E-state index in [0.717, 1.165) is 22.6 Å². The van der Waals surface area contributed by atoms with Crippen molar-refractivity contribution in [3.05, 3.63) is 60.2 Å². The van der Waals surface area contributed by atoms with Crippen molar-refractivity contribution in [3.63, 3.8) is 0 Å². The Morgan fingerprint density at radius 3 is 2.27 bits per heavy atom. The van der Waals surface area contributed by atoms with Gasteiger partial charge >= 0.3 is 0 Å². The standard InChI is InChI=1S/C24H32N2O3S/c1-5-18(3)25-24(28)22(6-2)26(16-19-12-14-20(29-4)15-13-19)23(27)17-30-21-10-8-7-9-11-21/h7-15,18,22H,5-6,16-17H2,1-4H3,(H,25,28)/t18-,22-/m0/s1. The average Bonchev–Trinajstić information content (AvgIpc) is 2.78.